The topological polar surface area (TPSA) is 67.2 Å². The summed E-state index contributed by atoms with van der Waals surface area (Å²) in [5.41, 5.74) is 1.90. The summed E-state index contributed by atoms with van der Waals surface area (Å²) >= 11 is 0. The van der Waals surface area contributed by atoms with Gasteiger partial charge in [-0.2, -0.15) is 5.10 Å². The van der Waals surface area contributed by atoms with Crippen molar-refractivity contribution in [1.29, 1.82) is 0 Å². The number of carbonyl (C=O) groups is 2. The molecule has 1 aromatic heterocycles. The standard InChI is InChI=1S/C18H22N4O2/c23-17(14-21-10-6-2-5-9-18(21)24)19-11-15-12-20-22(13-15)16-7-3-1-4-8-16/h1,3-4,7-8,12-13H,2,5-6,9-11,14H2,(H,19,23). The maximum atomic E-state index is 12.1. The van der Waals surface area contributed by atoms with Crippen LogP contribution in [0.15, 0.2) is 42.7 Å². The van der Waals surface area contributed by atoms with Crippen molar-refractivity contribution in [1.82, 2.24) is 20.0 Å². The summed E-state index contributed by atoms with van der Waals surface area (Å²) in [5, 5.41) is 7.17. The number of hydrogen-bond acceptors (Lipinski definition) is 3. The van der Waals surface area contributed by atoms with Crippen molar-refractivity contribution in [2.75, 3.05) is 13.1 Å². The molecule has 0 radical (unpaired) electrons. The van der Waals surface area contributed by atoms with E-state index in [4.69, 9.17) is 0 Å². The normalized spacial score (nSPS) is 15.2. The summed E-state index contributed by atoms with van der Waals surface area (Å²) in [4.78, 5) is 25.7. The highest BCUT2D eigenvalue weighted by atomic mass is 16.2. The van der Waals surface area contributed by atoms with Crippen LogP contribution in [0, 0.1) is 0 Å². The average Bonchev–Trinajstić information content (AvgIpc) is 2.99. The Balaban J connectivity index is 1.51. The molecule has 1 fully saturated rings. The van der Waals surface area contributed by atoms with Crippen molar-refractivity contribution in [2.45, 2.75) is 32.2 Å². The largest absolute Gasteiger partial charge is 0.350 e. The Kier molecular flexibility index (Phi) is 5.25. The summed E-state index contributed by atoms with van der Waals surface area (Å²) in [7, 11) is 0. The molecule has 0 aliphatic carbocycles. The van der Waals surface area contributed by atoms with Gasteiger partial charge in [-0.3, -0.25) is 9.59 Å². The Bertz CT molecular complexity index is 696. The van der Waals surface area contributed by atoms with E-state index in [9.17, 15) is 9.59 Å². The maximum absolute atomic E-state index is 12.1. The van der Waals surface area contributed by atoms with Crippen LogP contribution in [0.2, 0.25) is 0 Å². The van der Waals surface area contributed by atoms with Crippen molar-refractivity contribution in [2.24, 2.45) is 0 Å². The van der Waals surface area contributed by atoms with Gasteiger partial charge in [0.1, 0.15) is 0 Å². The first kappa shape index (κ1) is 16.2. The molecule has 24 heavy (non-hydrogen) atoms. The SMILES string of the molecule is O=C(CN1CCCCCC1=O)NCc1cnn(-c2ccccc2)c1. The number of amides is 2. The third-order valence-electron chi connectivity index (χ3n) is 4.15. The van der Waals surface area contributed by atoms with Crippen LogP contribution >= 0.6 is 0 Å². The number of aromatic nitrogens is 2. The molecule has 1 aliphatic rings. The molecule has 0 unspecified atom stereocenters. The van der Waals surface area contributed by atoms with E-state index in [-0.39, 0.29) is 18.4 Å². The molecule has 1 N–H and O–H groups in total. The van der Waals surface area contributed by atoms with Crippen LogP contribution in [-0.2, 0) is 16.1 Å². The van der Waals surface area contributed by atoms with E-state index >= 15 is 0 Å². The summed E-state index contributed by atoms with van der Waals surface area (Å²) in [6.07, 6.45) is 7.15. The van der Waals surface area contributed by atoms with E-state index in [0.29, 0.717) is 19.5 Å². The predicted molar refractivity (Wildman–Crippen MR) is 90.5 cm³/mol. The van der Waals surface area contributed by atoms with E-state index in [1.807, 2.05) is 36.5 Å². The van der Waals surface area contributed by atoms with Crippen molar-refractivity contribution in [3.63, 3.8) is 0 Å². The minimum Gasteiger partial charge on any atom is -0.350 e. The minimum atomic E-state index is -0.127. The molecule has 6 heteroatoms. The number of para-hydroxylation sites is 1. The quantitative estimate of drug-likeness (QED) is 0.912. The van der Waals surface area contributed by atoms with E-state index in [1.54, 1.807) is 15.8 Å². The zero-order valence-electron chi connectivity index (χ0n) is 13.6. The fraction of sp³-hybridized carbons (Fsp3) is 0.389. The first-order valence-electron chi connectivity index (χ1n) is 8.36. The van der Waals surface area contributed by atoms with Gasteiger partial charge in [-0.05, 0) is 25.0 Å². The third kappa shape index (κ3) is 4.22. The van der Waals surface area contributed by atoms with Gasteiger partial charge in [-0.15, -0.1) is 0 Å². The number of nitrogens with one attached hydrogen (secondary N) is 1. The average molecular weight is 326 g/mol. The number of benzene rings is 1. The lowest BCUT2D eigenvalue weighted by molar-refractivity contribution is -0.135. The molecule has 1 aliphatic heterocycles. The molecule has 0 atom stereocenters. The van der Waals surface area contributed by atoms with Gasteiger partial charge in [0, 0.05) is 31.3 Å². The van der Waals surface area contributed by atoms with Crippen LogP contribution in [-0.4, -0.2) is 39.6 Å². The Morgan fingerprint density at radius 2 is 2.00 bits per heavy atom. The first-order chi connectivity index (χ1) is 11.7. The molecule has 2 heterocycles. The monoisotopic (exact) mass is 326 g/mol. The van der Waals surface area contributed by atoms with Gasteiger partial charge in [-0.1, -0.05) is 24.6 Å². The highest BCUT2D eigenvalue weighted by molar-refractivity contribution is 5.84. The van der Waals surface area contributed by atoms with E-state index < -0.39 is 0 Å². The second-order valence-electron chi connectivity index (χ2n) is 6.03. The van der Waals surface area contributed by atoms with Crippen molar-refractivity contribution < 1.29 is 9.59 Å². The molecule has 2 aromatic rings. The summed E-state index contributed by atoms with van der Waals surface area (Å²) < 4.78 is 1.78. The molecular formula is C18H22N4O2. The molecule has 2 amide bonds. The molecular weight excluding hydrogens is 304 g/mol. The number of carbonyl (C=O) groups excluding carboxylic acids is 2. The second kappa shape index (κ2) is 7.77. The van der Waals surface area contributed by atoms with Crippen LogP contribution in [0.25, 0.3) is 5.69 Å². The summed E-state index contributed by atoms with van der Waals surface area (Å²) in [5.74, 6) is -0.0442. The van der Waals surface area contributed by atoms with Crippen LogP contribution in [0.5, 0.6) is 0 Å². The highest BCUT2D eigenvalue weighted by Gasteiger charge is 2.19. The van der Waals surface area contributed by atoms with E-state index in [1.165, 1.54) is 0 Å². The van der Waals surface area contributed by atoms with Crippen LogP contribution in [0.4, 0.5) is 0 Å². The van der Waals surface area contributed by atoms with Gasteiger partial charge < -0.3 is 10.2 Å². The fourth-order valence-corrected chi connectivity index (χ4v) is 2.81. The first-order valence-corrected chi connectivity index (χ1v) is 8.36. The molecule has 1 saturated heterocycles. The van der Waals surface area contributed by atoms with Gasteiger partial charge >= 0.3 is 0 Å². The number of hydrogen-bond donors (Lipinski definition) is 1. The second-order valence-corrected chi connectivity index (χ2v) is 6.03. The van der Waals surface area contributed by atoms with Gasteiger partial charge in [0.25, 0.3) is 0 Å². The van der Waals surface area contributed by atoms with Crippen molar-refractivity contribution in [3.8, 4) is 5.69 Å². The number of likely N-dealkylation sites (tertiary alicyclic amines) is 1. The number of rotatable bonds is 5. The zero-order chi connectivity index (χ0) is 16.8. The molecule has 126 valence electrons. The Hall–Kier alpha value is -2.63. The summed E-state index contributed by atoms with van der Waals surface area (Å²) in [6, 6.07) is 9.81. The number of nitrogens with zero attached hydrogens (tertiary/aromatic N) is 3. The van der Waals surface area contributed by atoms with Crippen molar-refractivity contribution in [3.05, 3.63) is 48.3 Å². The third-order valence-corrected chi connectivity index (χ3v) is 4.15. The predicted octanol–water partition coefficient (Wildman–Crippen LogP) is 1.89. The molecule has 6 nitrogen and oxygen atoms in total. The molecule has 0 spiro atoms. The summed E-state index contributed by atoms with van der Waals surface area (Å²) in [6.45, 7) is 1.23. The Morgan fingerprint density at radius 1 is 1.17 bits per heavy atom. The van der Waals surface area contributed by atoms with E-state index in [0.717, 1.165) is 30.5 Å². The highest BCUT2D eigenvalue weighted by Crippen LogP contribution is 2.11. The molecule has 1 aromatic carbocycles. The lowest BCUT2D eigenvalue weighted by Crippen LogP contribution is -2.40. The van der Waals surface area contributed by atoms with Crippen LogP contribution in [0.3, 0.4) is 0 Å². The maximum Gasteiger partial charge on any atom is 0.239 e. The van der Waals surface area contributed by atoms with E-state index in [2.05, 4.69) is 10.4 Å². The Labute approximate surface area is 141 Å². The molecule has 0 bridgehead atoms. The van der Waals surface area contributed by atoms with Gasteiger partial charge in [0.2, 0.25) is 11.8 Å². The lowest BCUT2D eigenvalue weighted by Gasteiger charge is -2.19. The molecule has 3 rings (SSSR count). The zero-order valence-corrected chi connectivity index (χ0v) is 13.6. The Morgan fingerprint density at radius 3 is 2.83 bits per heavy atom. The van der Waals surface area contributed by atoms with Gasteiger partial charge in [-0.25, -0.2) is 4.68 Å². The van der Waals surface area contributed by atoms with Crippen LogP contribution < -0.4 is 5.32 Å². The minimum absolute atomic E-state index is 0.0829. The fourth-order valence-electron chi connectivity index (χ4n) is 2.81. The van der Waals surface area contributed by atoms with Crippen molar-refractivity contribution >= 4 is 11.8 Å². The van der Waals surface area contributed by atoms with Gasteiger partial charge in [0.05, 0.1) is 18.4 Å². The van der Waals surface area contributed by atoms with Crippen LogP contribution in [0.1, 0.15) is 31.2 Å². The van der Waals surface area contributed by atoms with Gasteiger partial charge in [0.15, 0.2) is 0 Å². The lowest BCUT2D eigenvalue weighted by atomic mass is 10.2. The smallest absolute Gasteiger partial charge is 0.239 e. The molecule has 0 saturated carbocycles.